The van der Waals surface area contributed by atoms with Crippen molar-refractivity contribution in [3.05, 3.63) is 30.9 Å². The van der Waals surface area contributed by atoms with Gasteiger partial charge in [-0.05, 0) is 13.0 Å². The number of allylic oxidation sites excluding steroid dienone is 2. The maximum atomic E-state index is 3.80. The Bertz CT molecular complexity index is 247. The van der Waals surface area contributed by atoms with Gasteiger partial charge in [-0.25, -0.2) is 0 Å². The van der Waals surface area contributed by atoms with E-state index in [1.54, 1.807) is 12.4 Å². The van der Waals surface area contributed by atoms with E-state index >= 15 is 0 Å². The highest BCUT2D eigenvalue weighted by Crippen LogP contribution is 1.91. The summed E-state index contributed by atoms with van der Waals surface area (Å²) < 4.78 is 1.82. The van der Waals surface area contributed by atoms with Gasteiger partial charge in [-0.15, -0.1) is 10.2 Å². The molecule has 10 heavy (non-hydrogen) atoms. The summed E-state index contributed by atoms with van der Waals surface area (Å²) in [6, 6.07) is 0. The van der Waals surface area contributed by atoms with E-state index in [9.17, 15) is 0 Å². The summed E-state index contributed by atoms with van der Waals surface area (Å²) in [7, 11) is 0. The van der Waals surface area contributed by atoms with Crippen LogP contribution >= 0.6 is 0 Å². The topological polar surface area (TPSA) is 30.7 Å². The Morgan fingerprint density at radius 3 is 3.00 bits per heavy atom. The summed E-state index contributed by atoms with van der Waals surface area (Å²) in [5, 5.41) is 7.50. The van der Waals surface area contributed by atoms with Gasteiger partial charge in [-0.3, -0.25) is 4.57 Å². The fourth-order valence-corrected chi connectivity index (χ4v) is 0.600. The number of aromatic nitrogens is 3. The van der Waals surface area contributed by atoms with E-state index in [4.69, 9.17) is 0 Å². The fourth-order valence-electron chi connectivity index (χ4n) is 0.600. The third-order valence-electron chi connectivity index (χ3n) is 1.13. The third-order valence-corrected chi connectivity index (χ3v) is 1.13. The highest BCUT2D eigenvalue weighted by atomic mass is 15.2. The van der Waals surface area contributed by atoms with Crippen molar-refractivity contribution in [2.24, 2.45) is 0 Å². The Kier molecular flexibility index (Phi) is 1.99. The van der Waals surface area contributed by atoms with Gasteiger partial charge in [0.1, 0.15) is 12.2 Å². The molecule has 3 heteroatoms. The minimum Gasteiger partial charge on any atom is -0.293 e. The normalized spacial score (nSPS) is 10.5. The van der Waals surface area contributed by atoms with E-state index in [2.05, 4.69) is 16.8 Å². The van der Waals surface area contributed by atoms with Crippen LogP contribution < -0.4 is 0 Å². The van der Waals surface area contributed by atoms with Crippen molar-refractivity contribution in [3.63, 3.8) is 0 Å². The molecular formula is C7H9N3. The lowest BCUT2D eigenvalue weighted by Gasteiger charge is -1.89. The molecular weight excluding hydrogens is 126 g/mol. The van der Waals surface area contributed by atoms with Crippen LogP contribution in [0.2, 0.25) is 0 Å². The molecule has 0 amide bonds. The second-order valence-electron chi connectivity index (χ2n) is 1.86. The predicted octanol–water partition coefficient (Wildman–Crippen LogP) is 1.24. The highest BCUT2D eigenvalue weighted by molar-refractivity contribution is 5.27. The first-order valence-corrected chi connectivity index (χ1v) is 3.00. The van der Waals surface area contributed by atoms with Gasteiger partial charge in [-0.2, -0.15) is 0 Å². The highest BCUT2D eigenvalue weighted by Gasteiger charge is 1.89. The van der Waals surface area contributed by atoms with Gasteiger partial charge >= 0.3 is 0 Å². The SMILES string of the molecule is C=C/C=C\n1cnnc1C. The van der Waals surface area contributed by atoms with E-state index in [0.717, 1.165) is 5.82 Å². The second kappa shape index (κ2) is 2.96. The van der Waals surface area contributed by atoms with Gasteiger partial charge in [0.05, 0.1) is 0 Å². The van der Waals surface area contributed by atoms with Crippen molar-refractivity contribution in [1.82, 2.24) is 14.8 Å². The number of rotatable bonds is 2. The molecule has 3 nitrogen and oxygen atoms in total. The predicted molar refractivity (Wildman–Crippen MR) is 40.3 cm³/mol. The Balaban J connectivity index is 2.83. The van der Waals surface area contributed by atoms with Crippen LogP contribution in [-0.2, 0) is 0 Å². The average Bonchev–Trinajstić information content (AvgIpc) is 2.31. The lowest BCUT2D eigenvalue weighted by atomic mass is 10.6. The summed E-state index contributed by atoms with van der Waals surface area (Å²) in [6.07, 6.45) is 7.04. The minimum atomic E-state index is 0.873. The van der Waals surface area contributed by atoms with Crippen LogP contribution in [0.1, 0.15) is 5.82 Å². The lowest BCUT2D eigenvalue weighted by Crippen LogP contribution is -1.86. The van der Waals surface area contributed by atoms with Crippen LogP contribution in [0, 0.1) is 6.92 Å². The van der Waals surface area contributed by atoms with Crippen LogP contribution in [-0.4, -0.2) is 14.8 Å². The monoisotopic (exact) mass is 135 g/mol. The standard InChI is InChI=1S/C7H9N3/c1-3-4-5-10-6-8-9-7(10)2/h3-6H,1H2,2H3/b5-4-. The summed E-state index contributed by atoms with van der Waals surface area (Å²) in [5.74, 6) is 0.873. The molecule has 0 saturated heterocycles. The number of hydrogen-bond donors (Lipinski definition) is 0. The van der Waals surface area contributed by atoms with E-state index in [1.165, 1.54) is 0 Å². The van der Waals surface area contributed by atoms with Crippen LogP contribution in [0.25, 0.3) is 6.20 Å². The Morgan fingerprint density at radius 2 is 2.50 bits per heavy atom. The van der Waals surface area contributed by atoms with Gasteiger partial charge in [0, 0.05) is 6.20 Å². The smallest absolute Gasteiger partial charge is 0.133 e. The molecule has 1 aromatic rings. The quantitative estimate of drug-likeness (QED) is 0.571. The van der Waals surface area contributed by atoms with Gasteiger partial charge < -0.3 is 0 Å². The molecule has 0 aromatic carbocycles. The molecule has 0 atom stereocenters. The molecule has 1 aromatic heterocycles. The van der Waals surface area contributed by atoms with Gasteiger partial charge in [0.2, 0.25) is 0 Å². The van der Waals surface area contributed by atoms with Crippen molar-refractivity contribution < 1.29 is 0 Å². The van der Waals surface area contributed by atoms with Crippen LogP contribution in [0.3, 0.4) is 0 Å². The number of hydrogen-bond acceptors (Lipinski definition) is 2. The largest absolute Gasteiger partial charge is 0.293 e. The summed E-state index contributed by atoms with van der Waals surface area (Å²) in [6.45, 7) is 5.44. The van der Waals surface area contributed by atoms with Crippen molar-refractivity contribution in [1.29, 1.82) is 0 Å². The Labute approximate surface area is 59.7 Å². The lowest BCUT2D eigenvalue weighted by molar-refractivity contribution is 1.01. The molecule has 1 heterocycles. The molecule has 0 aliphatic rings. The van der Waals surface area contributed by atoms with E-state index in [-0.39, 0.29) is 0 Å². The van der Waals surface area contributed by atoms with Crippen LogP contribution in [0.5, 0.6) is 0 Å². The van der Waals surface area contributed by atoms with Crippen LogP contribution in [0.4, 0.5) is 0 Å². The number of nitrogens with zero attached hydrogens (tertiary/aromatic N) is 3. The maximum absolute atomic E-state index is 3.80. The molecule has 0 aliphatic heterocycles. The zero-order valence-corrected chi connectivity index (χ0v) is 5.86. The van der Waals surface area contributed by atoms with Crippen molar-refractivity contribution in [3.8, 4) is 0 Å². The van der Waals surface area contributed by atoms with Crippen molar-refractivity contribution >= 4 is 6.20 Å². The first-order valence-electron chi connectivity index (χ1n) is 3.00. The van der Waals surface area contributed by atoms with Gasteiger partial charge in [0.25, 0.3) is 0 Å². The van der Waals surface area contributed by atoms with Gasteiger partial charge in [-0.1, -0.05) is 12.7 Å². The van der Waals surface area contributed by atoms with E-state index < -0.39 is 0 Å². The Hall–Kier alpha value is -1.38. The number of aryl methyl sites for hydroxylation is 1. The summed E-state index contributed by atoms with van der Waals surface area (Å²) in [4.78, 5) is 0. The molecule has 0 saturated carbocycles. The second-order valence-corrected chi connectivity index (χ2v) is 1.86. The first-order chi connectivity index (χ1) is 4.84. The van der Waals surface area contributed by atoms with Crippen LogP contribution in [0.15, 0.2) is 25.1 Å². The summed E-state index contributed by atoms with van der Waals surface area (Å²) in [5.41, 5.74) is 0. The summed E-state index contributed by atoms with van der Waals surface area (Å²) >= 11 is 0. The molecule has 0 unspecified atom stereocenters. The molecule has 0 aliphatic carbocycles. The zero-order valence-electron chi connectivity index (χ0n) is 5.86. The molecule has 0 N–H and O–H groups in total. The van der Waals surface area contributed by atoms with Crippen molar-refractivity contribution in [2.45, 2.75) is 6.92 Å². The fraction of sp³-hybridized carbons (Fsp3) is 0.143. The molecule has 0 radical (unpaired) electrons. The van der Waals surface area contributed by atoms with E-state index in [0.29, 0.717) is 0 Å². The first kappa shape index (κ1) is 6.74. The van der Waals surface area contributed by atoms with Gasteiger partial charge in [0.15, 0.2) is 0 Å². The molecule has 0 bridgehead atoms. The third kappa shape index (κ3) is 1.31. The Morgan fingerprint density at radius 1 is 1.70 bits per heavy atom. The van der Waals surface area contributed by atoms with E-state index in [1.807, 2.05) is 23.8 Å². The zero-order chi connectivity index (χ0) is 7.40. The van der Waals surface area contributed by atoms with Crippen molar-refractivity contribution in [2.75, 3.05) is 0 Å². The molecule has 0 spiro atoms. The molecule has 1 rings (SSSR count). The molecule has 0 fully saturated rings. The molecule has 52 valence electrons. The maximum Gasteiger partial charge on any atom is 0.133 e. The minimum absolute atomic E-state index is 0.873. The average molecular weight is 135 g/mol.